The Hall–Kier alpha value is -2.28. The van der Waals surface area contributed by atoms with Crippen LogP contribution in [0.2, 0.25) is 5.02 Å². The Morgan fingerprint density at radius 2 is 1.79 bits per heavy atom. The third kappa shape index (κ3) is 4.58. The predicted octanol–water partition coefficient (Wildman–Crippen LogP) is 4.06. The average Bonchev–Trinajstić information content (AvgIpc) is 3.02. The smallest absolute Gasteiger partial charge is 0.410 e. The third-order valence-electron chi connectivity index (χ3n) is 4.87. The Balaban J connectivity index is 1.69. The van der Waals surface area contributed by atoms with Gasteiger partial charge in [-0.05, 0) is 64.8 Å². The van der Waals surface area contributed by atoms with Crippen LogP contribution in [0.4, 0.5) is 10.7 Å². The fourth-order valence-corrected chi connectivity index (χ4v) is 3.51. The second kappa shape index (κ2) is 7.99. The van der Waals surface area contributed by atoms with E-state index in [0.717, 1.165) is 43.4 Å². The van der Waals surface area contributed by atoms with E-state index < -0.39 is 5.60 Å². The van der Waals surface area contributed by atoms with Crippen molar-refractivity contribution in [3.05, 3.63) is 35.1 Å². The molecule has 1 saturated heterocycles. The van der Waals surface area contributed by atoms with Crippen LogP contribution in [0.3, 0.4) is 0 Å². The van der Waals surface area contributed by atoms with Crippen LogP contribution in [-0.2, 0) is 4.74 Å². The fourth-order valence-electron chi connectivity index (χ4n) is 3.38. The van der Waals surface area contributed by atoms with E-state index in [-0.39, 0.29) is 12.1 Å². The average molecular weight is 406 g/mol. The molecule has 0 spiro atoms. The normalized spacial score (nSPS) is 15.6. The summed E-state index contributed by atoms with van der Waals surface area (Å²) in [4.78, 5) is 16.3. The van der Waals surface area contributed by atoms with Crippen molar-refractivity contribution < 1.29 is 9.53 Å². The molecular formula is C20H28ClN5O2. The summed E-state index contributed by atoms with van der Waals surface area (Å²) in [5.41, 5.74) is 0.494. The van der Waals surface area contributed by atoms with Gasteiger partial charge in [-0.25, -0.2) is 4.79 Å². The highest BCUT2D eigenvalue weighted by molar-refractivity contribution is 6.30. The molecular weight excluding hydrogens is 378 g/mol. The Morgan fingerprint density at radius 1 is 1.18 bits per heavy atom. The van der Waals surface area contributed by atoms with Crippen molar-refractivity contribution in [1.82, 2.24) is 19.7 Å². The zero-order chi connectivity index (χ0) is 20.5. The van der Waals surface area contributed by atoms with E-state index in [9.17, 15) is 4.79 Å². The number of amides is 1. The highest BCUT2D eigenvalue weighted by atomic mass is 35.5. The number of carbonyl (C=O) groups excluding carboxylic acids is 1. The van der Waals surface area contributed by atoms with Crippen LogP contribution in [0.15, 0.2) is 24.3 Å². The molecule has 0 N–H and O–H groups in total. The van der Waals surface area contributed by atoms with Crippen molar-refractivity contribution in [2.45, 2.75) is 52.2 Å². The molecule has 0 saturated carbocycles. The number of piperidine rings is 1. The molecule has 0 atom stereocenters. The van der Waals surface area contributed by atoms with Crippen molar-refractivity contribution in [2.24, 2.45) is 0 Å². The van der Waals surface area contributed by atoms with Gasteiger partial charge in [-0.2, -0.15) is 0 Å². The number of aromatic nitrogens is 3. The molecule has 152 valence electrons. The van der Waals surface area contributed by atoms with Crippen molar-refractivity contribution in [3.63, 3.8) is 0 Å². The quantitative estimate of drug-likeness (QED) is 0.770. The maximum absolute atomic E-state index is 12.3. The fraction of sp³-hybridized carbons (Fsp3) is 0.550. The summed E-state index contributed by atoms with van der Waals surface area (Å²) < 4.78 is 7.53. The van der Waals surface area contributed by atoms with Gasteiger partial charge in [0.1, 0.15) is 11.4 Å². The van der Waals surface area contributed by atoms with E-state index in [2.05, 4.69) is 15.1 Å². The second-order valence-corrected chi connectivity index (χ2v) is 8.60. The Labute approximate surface area is 171 Å². The summed E-state index contributed by atoms with van der Waals surface area (Å²) in [6, 6.07) is 7.81. The molecule has 0 aliphatic carbocycles. The SMILES string of the molecule is Cc1nnc(N2CCC(N(C)C(=O)OC(C)(C)C)CC2)n1-c1ccc(Cl)cc1. The van der Waals surface area contributed by atoms with Gasteiger partial charge in [-0.15, -0.1) is 10.2 Å². The van der Waals surface area contributed by atoms with Crippen LogP contribution in [0.25, 0.3) is 5.69 Å². The molecule has 2 heterocycles. The van der Waals surface area contributed by atoms with E-state index >= 15 is 0 Å². The number of aryl methyl sites for hydroxylation is 1. The van der Waals surface area contributed by atoms with Gasteiger partial charge >= 0.3 is 6.09 Å². The van der Waals surface area contributed by atoms with E-state index in [0.29, 0.717) is 5.02 Å². The lowest BCUT2D eigenvalue weighted by Crippen LogP contribution is -2.47. The van der Waals surface area contributed by atoms with E-state index in [1.165, 1.54) is 0 Å². The maximum atomic E-state index is 12.3. The summed E-state index contributed by atoms with van der Waals surface area (Å²) in [5, 5.41) is 9.36. The molecule has 1 aromatic carbocycles. The largest absolute Gasteiger partial charge is 0.444 e. The minimum Gasteiger partial charge on any atom is -0.444 e. The lowest BCUT2D eigenvalue weighted by Gasteiger charge is -2.37. The zero-order valence-electron chi connectivity index (χ0n) is 17.1. The van der Waals surface area contributed by atoms with Gasteiger partial charge in [0.15, 0.2) is 0 Å². The van der Waals surface area contributed by atoms with Crippen LogP contribution in [0.5, 0.6) is 0 Å². The number of benzene rings is 1. The van der Waals surface area contributed by atoms with Gasteiger partial charge in [-0.1, -0.05) is 11.6 Å². The highest BCUT2D eigenvalue weighted by Crippen LogP contribution is 2.26. The van der Waals surface area contributed by atoms with Crippen LogP contribution < -0.4 is 4.90 Å². The lowest BCUT2D eigenvalue weighted by molar-refractivity contribution is 0.0200. The summed E-state index contributed by atoms with van der Waals surface area (Å²) in [7, 11) is 1.81. The van der Waals surface area contributed by atoms with E-state index in [1.54, 1.807) is 4.90 Å². The molecule has 1 amide bonds. The minimum absolute atomic E-state index is 0.152. The number of nitrogens with zero attached hydrogens (tertiary/aromatic N) is 5. The molecule has 1 aliphatic rings. The molecule has 0 radical (unpaired) electrons. The van der Waals surface area contributed by atoms with E-state index in [4.69, 9.17) is 16.3 Å². The molecule has 28 heavy (non-hydrogen) atoms. The van der Waals surface area contributed by atoms with Crippen molar-refractivity contribution in [2.75, 3.05) is 25.0 Å². The molecule has 1 aliphatic heterocycles. The first-order chi connectivity index (χ1) is 13.2. The Morgan fingerprint density at radius 3 is 2.36 bits per heavy atom. The Kier molecular flexibility index (Phi) is 5.84. The van der Waals surface area contributed by atoms with Gasteiger partial charge in [0, 0.05) is 31.2 Å². The zero-order valence-corrected chi connectivity index (χ0v) is 17.9. The maximum Gasteiger partial charge on any atom is 0.410 e. The standard InChI is InChI=1S/C20H28ClN5O2/c1-14-22-23-18(26(14)17-8-6-15(21)7-9-17)25-12-10-16(11-13-25)24(5)19(27)28-20(2,3)4/h6-9,16H,10-13H2,1-5H3. The molecule has 0 unspecified atom stereocenters. The molecule has 7 nitrogen and oxygen atoms in total. The van der Waals surface area contributed by atoms with Gasteiger partial charge in [0.25, 0.3) is 0 Å². The van der Waals surface area contributed by atoms with Crippen LogP contribution in [0.1, 0.15) is 39.4 Å². The highest BCUT2D eigenvalue weighted by Gasteiger charge is 2.30. The van der Waals surface area contributed by atoms with Crippen molar-refractivity contribution >= 4 is 23.6 Å². The third-order valence-corrected chi connectivity index (χ3v) is 5.12. The molecule has 8 heteroatoms. The number of hydrogen-bond acceptors (Lipinski definition) is 5. The number of hydrogen-bond donors (Lipinski definition) is 0. The Bertz CT molecular complexity index is 820. The topological polar surface area (TPSA) is 63.5 Å². The van der Waals surface area contributed by atoms with Crippen LogP contribution >= 0.6 is 11.6 Å². The molecule has 2 aromatic rings. The van der Waals surface area contributed by atoms with Gasteiger partial charge in [0.2, 0.25) is 5.95 Å². The lowest BCUT2D eigenvalue weighted by atomic mass is 10.0. The van der Waals surface area contributed by atoms with Gasteiger partial charge in [0.05, 0.1) is 5.69 Å². The van der Waals surface area contributed by atoms with Crippen molar-refractivity contribution in [3.8, 4) is 5.69 Å². The summed E-state index contributed by atoms with van der Waals surface area (Å²) in [6.45, 7) is 9.18. The van der Waals surface area contributed by atoms with Crippen LogP contribution in [-0.4, -0.2) is 57.5 Å². The second-order valence-electron chi connectivity index (χ2n) is 8.17. The van der Waals surface area contributed by atoms with Crippen LogP contribution in [0, 0.1) is 6.92 Å². The summed E-state index contributed by atoms with van der Waals surface area (Å²) in [5.74, 6) is 1.64. The van der Waals surface area contributed by atoms with Gasteiger partial charge < -0.3 is 14.5 Å². The molecule has 0 bridgehead atoms. The number of anilines is 1. The molecule has 1 aromatic heterocycles. The first kappa shape index (κ1) is 20.5. The molecule has 3 rings (SSSR count). The predicted molar refractivity (Wildman–Crippen MR) is 110 cm³/mol. The van der Waals surface area contributed by atoms with E-state index in [1.807, 2.05) is 63.6 Å². The van der Waals surface area contributed by atoms with Gasteiger partial charge in [-0.3, -0.25) is 4.57 Å². The number of rotatable bonds is 3. The van der Waals surface area contributed by atoms with Crippen molar-refractivity contribution in [1.29, 1.82) is 0 Å². The summed E-state index contributed by atoms with van der Waals surface area (Å²) in [6.07, 6.45) is 1.43. The number of halogens is 1. The molecule has 1 fully saturated rings. The number of ether oxygens (including phenoxy) is 1. The first-order valence-electron chi connectivity index (χ1n) is 9.54. The monoisotopic (exact) mass is 405 g/mol. The minimum atomic E-state index is -0.488. The number of carbonyl (C=O) groups is 1. The first-order valence-corrected chi connectivity index (χ1v) is 9.92. The summed E-state index contributed by atoms with van der Waals surface area (Å²) >= 11 is 6.02.